The van der Waals surface area contributed by atoms with E-state index in [1.54, 1.807) is 6.07 Å². The number of nitrogens with zero attached hydrogens (tertiary/aromatic N) is 1. The van der Waals surface area contributed by atoms with Gasteiger partial charge in [0.2, 0.25) is 0 Å². The molecule has 0 aliphatic heterocycles. The minimum Gasteiger partial charge on any atom is -0.465 e. The van der Waals surface area contributed by atoms with Gasteiger partial charge in [0.15, 0.2) is 0 Å². The summed E-state index contributed by atoms with van der Waals surface area (Å²) in [5, 5.41) is 3.27. The van der Waals surface area contributed by atoms with Gasteiger partial charge in [0.05, 0.1) is 12.7 Å². The number of hydrogen-bond donors (Lipinski definition) is 1. The highest BCUT2D eigenvalue weighted by atomic mass is 16.5. The van der Waals surface area contributed by atoms with Crippen LogP contribution in [0.5, 0.6) is 0 Å². The Bertz CT molecular complexity index is 394. The summed E-state index contributed by atoms with van der Waals surface area (Å²) in [6.07, 6.45) is 1.52. The van der Waals surface area contributed by atoms with Crippen molar-refractivity contribution in [3.8, 4) is 0 Å². The van der Waals surface area contributed by atoms with Crippen LogP contribution < -0.4 is 5.32 Å². The summed E-state index contributed by atoms with van der Waals surface area (Å²) in [5.41, 5.74) is 1.35. The molecule has 88 valence electrons. The normalized spacial score (nSPS) is 11.1. The number of aromatic nitrogens is 1. The number of nitrogens with one attached hydrogen (secondary N) is 1. The zero-order valence-corrected chi connectivity index (χ0v) is 10.4. The zero-order valence-electron chi connectivity index (χ0n) is 10.4. The van der Waals surface area contributed by atoms with Crippen molar-refractivity contribution < 1.29 is 9.53 Å². The first-order valence-electron chi connectivity index (χ1n) is 5.16. The van der Waals surface area contributed by atoms with Gasteiger partial charge in [-0.25, -0.2) is 9.78 Å². The molecule has 0 atom stereocenters. The van der Waals surface area contributed by atoms with Gasteiger partial charge in [0.25, 0.3) is 0 Å². The second-order valence-electron chi connectivity index (χ2n) is 4.76. The van der Waals surface area contributed by atoms with E-state index in [1.165, 1.54) is 13.3 Å². The van der Waals surface area contributed by atoms with Gasteiger partial charge in [0, 0.05) is 11.7 Å². The molecule has 4 nitrogen and oxygen atoms in total. The van der Waals surface area contributed by atoms with Gasteiger partial charge in [-0.15, -0.1) is 0 Å². The van der Waals surface area contributed by atoms with Crippen molar-refractivity contribution in [2.45, 2.75) is 33.2 Å². The first-order valence-corrected chi connectivity index (χ1v) is 5.16. The number of methoxy groups -OCH3 is 1. The Labute approximate surface area is 96.0 Å². The summed E-state index contributed by atoms with van der Waals surface area (Å²) in [4.78, 5) is 15.5. The highest BCUT2D eigenvalue weighted by molar-refractivity contribution is 5.89. The Balaban J connectivity index is 2.96. The SMILES string of the molecule is COC(=O)c1cnc(NC(C)(C)C)c(C)c1. The minimum absolute atomic E-state index is 0.0510. The number of anilines is 1. The van der Waals surface area contributed by atoms with Gasteiger partial charge in [-0.2, -0.15) is 0 Å². The molecule has 1 heterocycles. The quantitative estimate of drug-likeness (QED) is 0.780. The molecule has 0 spiro atoms. The number of ether oxygens (including phenoxy) is 1. The van der Waals surface area contributed by atoms with Crippen LogP contribution >= 0.6 is 0 Å². The number of hydrogen-bond acceptors (Lipinski definition) is 4. The Kier molecular flexibility index (Phi) is 3.52. The van der Waals surface area contributed by atoms with Crippen LogP contribution in [0.3, 0.4) is 0 Å². The molecular formula is C12H18N2O2. The Morgan fingerprint density at radius 2 is 2.06 bits per heavy atom. The largest absolute Gasteiger partial charge is 0.465 e. The van der Waals surface area contributed by atoms with Crippen LogP contribution in [-0.2, 0) is 4.74 Å². The number of aryl methyl sites for hydroxylation is 1. The van der Waals surface area contributed by atoms with Crippen LogP contribution in [0.2, 0.25) is 0 Å². The van der Waals surface area contributed by atoms with E-state index in [-0.39, 0.29) is 11.5 Å². The molecule has 0 aliphatic carbocycles. The van der Waals surface area contributed by atoms with Crippen molar-refractivity contribution in [2.24, 2.45) is 0 Å². The summed E-state index contributed by atoms with van der Waals surface area (Å²) in [7, 11) is 1.36. The summed E-state index contributed by atoms with van der Waals surface area (Å²) in [5.74, 6) is 0.429. The molecule has 0 saturated heterocycles. The zero-order chi connectivity index (χ0) is 12.3. The number of carbonyl (C=O) groups excluding carboxylic acids is 1. The predicted molar refractivity (Wildman–Crippen MR) is 63.7 cm³/mol. The highest BCUT2D eigenvalue weighted by Gasteiger charge is 2.13. The average Bonchev–Trinajstić information content (AvgIpc) is 2.18. The molecule has 16 heavy (non-hydrogen) atoms. The van der Waals surface area contributed by atoms with E-state index in [9.17, 15) is 4.79 Å². The third-order valence-corrected chi connectivity index (χ3v) is 1.99. The fourth-order valence-electron chi connectivity index (χ4n) is 1.29. The number of pyridine rings is 1. The van der Waals surface area contributed by atoms with Gasteiger partial charge in [-0.05, 0) is 39.3 Å². The van der Waals surface area contributed by atoms with Crippen molar-refractivity contribution in [3.63, 3.8) is 0 Å². The Morgan fingerprint density at radius 1 is 1.44 bits per heavy atom. The molecule has 0 saturated carbocycles. The lowest BCUT2D eigenvalue weighted by Gasteiger charge is -2.22. The summed E-state index contributed by atoms with van der Waals surface area (Å²) in [6.45, 7) is 8.08. The lowest BCUT2D eigenvalue weighted by atomic mass is 10.1. The molecule has 1 aromatic heterocycles. The van der Waals surface area contributed by atoms with E-state index < -0.39 is 0 Å². The standard InChI is InChI=1S/C12H18N2O2/c1-8-6-9(11(15)16-5)7-13-10(8)14-12(2,3)4/h6-7H,1-5H3,(H,13,14). The van der Waals surface area contributed by atoms with Gasteiger partial charge in [-0.3, -0.25) is 0 Å². The number of rotatable bonds is 2. The van der Waals surface area contributed by atoms with Crippen molar-refractivity contribution in [3.05, 3.63) is 23.4 Å². The lowest BCUT2D eigenvalue weighted by Crippen LogP contribution is -2.27. The Hall–Kier alpha value is -1.58. The molecule has 1 aromatic rings. The van der Waals surface area contributed by atoms with Crippen LogP contribution in [0.15, 0.2) is 12.3 Å². The van der Waals surface area contributed by atoms with E-state index in [0.717, 1.165) is 11.4 Å². The summed E-state index contributed by atoms with van der Waals surface area (Å²) >= 11 is 0. The molecule has 0 amide bonds. The smallest absolute Gasteiger partial charge is 0.339 e. The molecule has 0 fully saturated rings. The van der Waals surface area contributed by atoms with Gasteiger partial charge in [-0.1, -0.05) is 0 Å². The molecule has 0 unspecified atom stereocenters. The second kappa shape index (κ2) is 4.51. The van der Waals surface area contributed by atoms with Crippen molar-refractivity contribution >= 4 is 11.8 Å². The first kappa shape index (κ1) is 12.5. The first-order chi connectivity index (χ1) is 7.33. The molecule has 0 aromatic carbocycles. The Morgan fingerprint density at radius 3 is 2.50 bits per heavy atom. The van der Waals surface area contributed by atoms with Crippen molar-refractivity contribution in [2.75, 3.05) is 12.4 Å². The minimum atomic E-state index is -0.363. The molecule has 0 aliphatic rings. The predicted octanol–water partition coefficient (Wildman–Crippen LogP) is 2.39. The third-order valence-electron chi connectivity index (χ3n) is 1.99. The highest BCUT2D eigenvalue weighted by Crippen LogP contribution is 2.17. The average molecular weight is 222 g/mol. The van der Waals surface area contributed by atoms with Crippen LogP contribution in [0.1, 0.15) is 36.7 Å². The molecule has 1 rings (SSSR count). The maximum Gasteiger partial charge on any atom is 0.339 e. The second-order valence-corrected chi connectivity index (χ2v) is 4.76. The van der Waals surface area contributed by atoms with Gasteiger partial charge >= 0.3 is 5.97 Å². The van der Waals surface area contributed by atoms with E-state index in [2.05, 4.69) is 35.8 Å². The van der Waals surface area contributed by atoms with E-state index in [1.807, 2.05) is 6.92 Å². The van der Waals surface area contributed by atoms with E-state index in [4.69, 9.17) is 0 Å². The maximum atomic E-state index is 11.3. The monoisotopic (exact) mass is 222 g/mol. The fraction of sp³-hybridized carbons (Fsp3) is 0.500. The lowest BCUT2D eigenvalue weighted by molar-refractivity contribution is 0.0600. The molecular weight excluding hydrogens is 204 g/mol. The van der Waals surface area contributed by atoms with Crippen LogP contribution in [0.4, 0.5) is 5.82 Å². The summed E-state index contributed by atoms with van der Waals surface area (Å²) < 4.78 is 4.63. The van der Waals surface area contributed by atoms with Crippen LogP contribution in [0.25, 0.3) is 0 Å². The van der Waals surface area contributed by atoms with Crippen LogP contribution in [-0.4, -0.2) is 23.6 Å². The van der Waals surface area contributed by atoms with Gasteiger partial charge in [0.1, 0.15) is 5.82 Å². The summed E-state index contributed by atoms with van der Waals surface area (Å²) in [6, 6.07) is 1.77. The number of esters is 1. The molecule has 4 heteroatoms. The van der Waals surface area contributed by atoms with Crippen LogP contribution in [0, 0.1) is 6.92 Å². The molecule has 0 radical (unpaired) electrons. The number of carbonyl (C=O) groups is 1. The van der Waals surface area contributed by atoms with Crippen molar-refractivity contribution in [1.29, 1.82) is 0 Å². The molecule has 0 bridgehead atoms. The third kappa shape index (κ3) is 3.22. The van der Waals surface area contributed by atoms with Gasteiger partial charge < -0.3 is 10.1 Å². The molecule has 1 N–H and O–H groups in total. The maximum absolute atomic E-state index is 11.3. The fourth-order valence-corrected chi connectivity index (χ4v) is 1.29. The van der Waals surface area contributed by atoms with Crippen molar-refractivity contribution in [1.82, 2.24) is 4.98 Å². The van der Waals surface area contributed by atoms with E-state index in [0.29, 0.717) is 5.56 Å². The topological polar surface area (TPSA) is 51.2 Å². The van der Waals surface area contributed by atoms with E-state index >= 15 is 0 Å².